The summed E-state index contributed by atoms with van der Waals surface area (Å²) in [7, 11) is -2.33. The van der Waals surface area contributed by atoms with Crippen LogP contribution < -0.4 is 5.14 Å². The molecule has 0 aromatic rings. The minimum atomic E-state index is -2.33. The van der Waals surface area contributed by atoms with Crippen LogP contribution in [0.2, 0.25) is 0 Å². The maximum atomic E-state index is 10.1. The molecule has 38 valence electrons. The Bertz CT molecular complexity index is 114. The minimum Gasteiger partial charge on any atom is -0.251 e. The molecular formula is C2H7NOS2. The second-order valence-electron chi connectivity index (χ2n) is 0.952. The molecule has 2 nitrogen and oxygen atoms in total. The van der Waals surface area contributed by atoms with Crippen molar-refractivity contribution < 1.29 is 4.21 Å². The summed E-state index contributed by atoms with van der Waals surface area (Å²) >= 11 is 4.29. The Labute approximate surface area is 42.5 Å². The Hall–Kier alpha value is 0.330. The molecule has 0 spiro atoms. The molecule has 0 saturated carbocycles. The lowest BCUT2D eigenvalue weighted by Crippen LogP contribution is -2.11. The van der Waals surface area contributed by atoms with Crippen LogP contribution in [0.3, 0.4) is 0 Å². The highest BCUT2D eigenvalue weighted by molar-refractivity contribution is 8.31. The van der Waals surface area contributed by atoms with Crippen molar-refractivity contribution in [3.05, 3.63) is 0 Å². The molecule has 0 radical (unpaired) electrons. The fourth-order valence-electron chi connectivity index (χ4n) is 0. The molecule has 1 atom stereocenters. The van der Waals surface area contributed by atoms with Gasteiger partial charge in [-0.3, -0.25) is 5.14 Å². The number of hydrogen-bond acceptors (Lipinski definition) is 2. The Morgan fingerprint density at radius 3 is 2.17 bits per heavy atom. The predicted octanol–water partition coefficient (Wildman–Crippen LogP) is -0.374. The first-order valence-corrected chi connectivity index (χ1v) is 4.28. The molecule has 0 aliphatic rings. The number of rotatable bonds is 1. The average Bonchev–Trinajstić information content (AvgIpc) is 1.35. The van der Waals surface area contributed by atoms with Gasteiger partial charge in [-0.05, 0) is 11.2 Å². The lowest BCUT2D eigenvalue weighted by atomic mass is 11.0. The summed E-state index contributed by atoms with van der Waals surface area (Å²) in [6.07, 6.45) is 0. The van der Waals surface area contributed by atoms with Gasteiger partial charge in [-0.25, -0.2) is 4.21 Å². The van der Waals surface area contributed by atoms with Crippen LogP contribution >= 0.6 is 0 Å². The average molecular weight is 125 g/mol. The zero-order valence-electron chi connectivity index (χ0n) is 3.51. The maximum absolute atomic E-state index is 10.1. The van der Waals surface area contributed by atoms with Crippen molar-refractivity contribution in [2.45, 2.75) is 6.92 Å². The molecule has 0 aliphatic carbocycles. The van der Waals surface area contributed by atoms with E-state index in [-0.39, 0.29) is 0 Å². The molecule has 0 heterocycles. The normalized spacial score (nSPS) is 19.7. The van der Waals surface area contributed by atoms with Gasteiger partial charge in [-0.2, -0.15) is 0 Å². The van der Waals surface area contributed by atoms with Crippen molar-refractivity contribution >= 4 is 19.9 Å². The van der Waals surface area contributed by atoms with Crippen molar-refractivity contribution in [2.75, 3.05) is 5.75 Å². The van der Waals surface area contributed by atoms with Gasteiger partial charge in [0.1, 0.15) is 0 Å². The smallest absolute Gasteiger partial charge is 0.0868 e. The zero-order valence-corrected chi connectivity index (χ0v) is 5.14. The van der Waals surface area contributed by atoms with E-state index in [0.29, 0.717) is 5.75 Å². The van der Waals surface area contributed by atoms with Gasteiger partial charge in [0, 0.05) is 5.75 Å². The molecule has 0 saturated heterocycles. The van der Waals surface area contributed by atoms with Crippen molar-refractivity contribution in [1.82, 2.24) is 0 Å². The largest absolute Gasteiger partial charge is 0.251 e. The molecule has 1 unspecified atom stereocenters. The van der Waals surface area contributed by atoms with E-state index in [4.69, 9.17) is 5.14 Å². The highest BCUT2D eigenvalue weighted by Crippen LogP contribution is 1.70. The highest BCUT2D eigenvalue weighted by Gasteiger charge is 1.85. The number of hydrogen-bond donors (Lipinski definition) is 1. The summed E-state index contributed by atoms with van der Waals surface area (Å²) in [5, 5.41) is 4.88. The number of nitrogens with two attached hydrogens (primary N) is 1. The summed E-state index contributed by atoms with van der Waals surface area (Å²) in [5.41, 5.74) is 0. The minimum absolute atomic E-state index is 0.391. The molecule has 0 amide bonds. The first-order chi connectivity index (χ1) is 2.56. The molecular weight excluding hydrogens is 118 g/mol. The topological polar surface area (TPSA) is 43.1 Å². The summed E-state index contributed by atoms with van der Waals surface area (Å²) < 4.78 is 10.1. The summed E-state index contributed by atoms with van der Waals surface area (Å²) in [4.78, 5) is 0. The zero-order chi connectivity index (χ0) is 5.21. The van der Waals surface area contributed by atoms with Gasteiger partial charge in [0.25, 0.3) is 0 Å². The molecule has 0 bridgehead atoms. The standard InChI is InChI=1S/C2H7NOS2/c1-2-6(3,4)5/h2H2,1H3,(H2,3,4,5). The SMILES string of the molecule is CCS(N)(=O)=S. The lowest BCUT2D eigenvalue weighted by Gasteiger charge is -1.86. The fourth-order valence-corrected chi connectivity index (χ4v) is 0. The molecule has 2 N–H and O–H groups in total. The van der Waals surface area contributed by atoms with Crippen molar-refractivity contribution in [2.24, 2.45) is 5.14 Å². The van der Waals surface area contributed by atoms with Crippen LogP contribution in [0, 0.1) is 0 Å². The molecule has 0 aromatic carbocycles. The molecule has 6 heavy (non-hydrogen) atoms. The van der Waals surface area contributed by atoms with Crippen LogP contribution in [-0.2, 0) is 19.9 Å². The summed E-state index contributed by atoms with van der Waals surface area (Å²) in [6, 6.07) is 0. The Balaban J connectivity index is 3.85. The van der Waals surface area contributed by atoms with Crippen molar-refractivity contribution in [3.63, 3.8) is 0 Å². The van der Waals surface area contributed by atoms with Gasteiger partial charge < -0.3 is 0 Å². The van der Waals surface area contributed by atoms with E-state index in [1.165, 1.54) is 0 Å². The quantitative estimate of drug-likeness (QED) is 0.519. The maximum Gasteiger partial charge on any atom is 0.0868 e. The van der Waals surface area contributed by atoms with Crippen molar-refractivity contribution in [1.29, 1.82) is 0 Å². The monoisotopic (exact) mass is 125 g/mol. The Morgan fingerprint density at radius 1 is 2.00 bits per heavy atom. The van der Waals surface area contributed by atoms with Gasteiger partial charge in [0.05, 0.1) is 8.68 Å². The molecule has 0 aromatic heterocycles. The van der Waals surface area contributed by atoms with Crippen LogP contribution in [0.4, 0.5) is 0 Å². The lowest BCUT2D eigenvalue weighted by molar-refractivity contribution is 0.684. The van der Waals surface area contributed by atoms with Gasteiger partial charge >= 0.3 is 0 Å². The van der Waals surface area contributed by atoms with E-state index >= 15 is 0 Å². The molecule has 0 rings (SSSR count). The van der Waals surface area contributed by atoms with Crippen LogP contribution in [0.15, 0.2) is 0 Å². The summed E-state index contributed by atoms with van der Waals surface area (Å²) in [6.45, 7) is 1.70. The van der Waals surface area contributed by atoms with E-state index in [0.717, 1.165) is 0 Å². The fraction of sp³-hybridized carbons (Fsp3) is 1.00. The van der Waals surface area contributed by atoms with Gasteiger partial charge in [-0.15, -0.1) is 0 Å². The Morgan fingerprint density at radius 2 is 2.17 bits per heavy atom. The van der Waals surface area contributed by atoms with Crippen LogP contribution in [-0.4, -0.2) is 9.96 Å². The van der Waals surface area contributed by atoms with Gasteiger partial charge in [-0.1, -0.05) is 6.92 Å². The third-order valence-electron chi connectivity index (χ3n) is 0.402. The molecule has 4 heteroatoms. The highest BCUT2D eigenvalue weighted by atomic mass is 32.8. The van der Waals surface area contributed by atoms with Gasteiger partial charge in [0.2, 0.25) is 0 Å². The third kappa shape index (κ3) is 4.33. The summed E-state index contributed by atoms with van der Waals surface area (Å²) in [5.74, 6) is 0.391. The van der Waals surface area contributed by atoms with E-state index < -0.39 is 8.68 Å². The van der Waals surface area contributed by atoms with Crippen LogP contribution in [0.1, 0.15) is 6.92 Å². The first kappa shape index (κ1) is 6.33. The third-order valence-corrected chi connectivity index (χ3v) is 1.91. The predicted molar refractivity (Wildman–Crippen MR) is 30.2 cm³/mol. The van der Waals surface area contributed by atoms with E-state index in [1.807, 2.05) is 0 Å². The van der Waals surface area contributed by atoms with E-state index in [1.54, 1.807) is 6.92 Å². The molecule has 0 aliphatic heterocycles. The second kappa shape index (κ2) is 1.86. The van der Waals surface area contributed by atoms with E-state index in [9.17, 15) is 4.21 Å². The second-order valence-corrected chi connectivity index (χ2v) is 4.55. The van der Waals surface area contributed by atoms with E-state index in [2.05, 4.69) is 11.2 Å². The van der Waals surface area contributed by atoms with Crippen LogP contribution in [0.25, 0.3) is 0 Å². The van der Waals surface area contributed by atoms with Crippen molar-refractivity contribution in [3.8, 4) is 0 Å². The van der Waals surface area contributed by atoms with Gasteiger partial charge in [0.15, 0.2) is 0 Å². The first-order valence-electron chi connectivity index (χ1n) is 1.56. The molecule has 0 fully saturated rings. The van der Waals surface area contributed by atoms with Crippen LogP contribution in [0.5, 0.6) is 0 Å². The Kier molecular flexibility index (Phi) is 1.96.